The van der Waals surface area contributed by atoms with Crippen LogP contribution in [0, 0.1) is 6.92 Å². The number of aryl methyl sites for hydroxylation is 1. The number of hydroxylamine groups is 1. The van der Waals surface area contributed by atoms with E-state index in [-0.39, 0.29) is 6.04 Å². The third kappa shape index (κ3) is 5.31. The van der Waals surface area contributed by atoms with Crippen molar-refractivity contribution in [3.8, 4) is 0 Å². The average Bonchev–Trinajstić information content (AvgIpc) is 2.53. The fraction of sp³-hybridized carbons (Fsp3) is 0.278. The van der Waals surface area contributed by atoms with Crippen molar-refractivity contribution in [3.63, 3.8) is 0 Å². The lowest BCUT2D eigenvalue weighted by atomic mass is 10.2. The van der Waals surface area contributed by atoms with Crippen LogP contribution in [0.25, 0.3) is 0 Å². The standard InChI is InChI=1S/C18H24N2O2/c1-5-7-8-9-17(19-15(4)6-2)18(21)20(22)16-12-10-14(3)11-13-16/h5-6,8-13,15,18,21-22H,1-2,7H2,3-4H3/b9-8-,19-17?. The van der Waals surface area contributed by atoms with Gasteiger partial charge in [0.25, 0.3) is 0 Å². The number of nitrogens with zero attached hydrogens (tertiary/aromatic N) is 2. The highest BCUT2D eigenvalue weighted by molar-refractivity contribution is 5.99. The second-order valence-corrected chi connectivity index (χ2v) is 5.01. The number of aliphatic hydroxyl groups is 1. The molecule has 22 heavy (non-hydrogen) atoms. The average molecular weight is 300 g/mol. The van der Waals surface area contributed by atoms with Gasteiger partial charge in [-0.1, -0.05) is 35.9 Å². The molecule has 1 rings (SSSR count). The zero-order chi connectivity index (χ0) is 16.5. The molecule has 0 aliphatic rings. The topological polar surface area (TPSA) is 56.1 Å². The van der Waals surface area contributed by atoms with E-state index in [2.05, 4.69) is 18.2 Å². The van der Waals surface area contributed by atoms with E-state index >= 15 is 0 Å². The molecule has 2 unspecified atom stereocenters. The van der Waals surface area contributed by atoms with E-state index in [0.717, 1.165) is 10.6 Å². The third-order valence-corrected chi connectivity index (χ3v) is 3.08. The minimum atomic E-state index is -1.26. The molecule has 118 valence electrons. The fourth-order valence-electron chi connectivity index (χ4n) is 1.73. The van der Waals surface area contributed by atoms with Gasteiger partial charge in [-0.2, -0.15) is 0 Å². The van der Waals surface area contributed by atoms with Gasteiger partial charge in [0.2, 0.25) is 0 Å². The highest BCUT2D eigenvalue weighted by Gasteiger charge is 2.19. The number of benzene rings is 1. The minimum absolute atomic E-state index is 0.163. The summed E-state index contributed by atoms with van der Waals surface area (Å²) < 4.78 is 0. The summed E-state index contributed by atoms with van der Waals surface area (Å²) in [6.45, 7) is 11.1. The van der Waals surface area contributed by atoms with Crippen LogP contribution in [0.1, 0.15) is 18.9 Å². The molecular formula is C18H24N2O2. The summed E-state index contributed by atoms with van der Waals surface area (Å²) in [4.78, 5) is 4.36. The van der Waals surface area contributed by atoms with Crippen LogP contribution in [0.3, 0.4) is 0 Å². The van der Waals surface area contributed by atoms with E-state index < -0.39 is 6.23 Å². The number of hydrogen-bond acceptors (Lipinski definition) is 4. The monoisotopic (exact) mass is 300 g/mol. The highest BCUT2D eigenvalue weighted by atomic mass is 16.5. The molecule has 4 heteroatoms. The number of aliphatic imine (C=N–C) groups is 1. The molecule has 1 aromatic carbocycles. The summed E-state index contributed by atoms with van der Waals surface area (Å²) in [5.74, 6) is 0. The van der Waals surface area contributed by atoms with E-state index in [1.54, 1.807) is 30.4 Å². The lowest BCUT2D eigenvalue weighted by molar-refractivity contribution is 0.112. The summed E-state index contributed by atoms with van der Waals surface area (Å²) in [5.41, 5.74) is 1.93. The Morgan fingerprint density at radius 3 is 2.50 bits per heavy atom. The molecule has 0 fully saturated rings. The normalized spacial score (nSPS) is 14.6. The Labute approximate surface area is 132 Å². The molecule has 1 aromatic rings. The maximum atomic E-state index is 10.4. The number of rotatable bonds is 8. The first-order valence-corrected chi connectivity index (χ1v) is 7.20. The molecule has 0 amide bonds. The molecule has 0 aliphatic carbocycles. The Morgan fingerprint density at radius 2 is 1.95 bits per heavy atom. The first-order valence-electron chi connectivity index (χ1n) is 7.20. The van der Waals surface area contributed by atoms with Crippen LogP contribution in [-0.4, -0.2) is 28.3 Å². The van der Waals surface area contributed by atoms with Gasteiger partial charge >= 0.3 is 0 Å². The van der Waals surface area contributed by atoms with E-state index in [1.165, 1.54) is 0 Å². The summed E-state index contributed by atoms with van der Waals surface area (Å²) in [6.07, 6.45) is 6.32. The van der Waals surface area contributed by atoms with Crippen LogP contribution >= 0.6 is 0 Å². The van der Waals surface area contributed by atoms with Crippen molar-refractivity contribution in [1.82, 2.24) is 0 Å². The SMILES string of the molecule is C=CC/C=C\C(=NC(C)C=C)C(O)N(O)c1ccc(C)cc1. The van der Waals surface area contributed by atoms with Gasteiger partial charge in [-0.05, 0) is 38.5 Å². The smallest absolute Gasteiger partial charge is 0.193 e. The Bertz CT molecular complexity index is 547. The van der Waals surface area contributed by atoms with Gasteiger partial charge in [0.05, 0.1) is 17.4 Å². The predicted molar refractivity (Wildman–Crippen MR) is 92.5 cm³/mol. The summed E-state index contributed by atoms with van der Waals surface area (Å²) in [5, 5.41) is 21.4. The quantitative estimate of drug-likeness (QED) is 0.333. The van der Waals surface area contributed by atoms with E-state index in [1.807, 2.05) is 32.1 Å². The van der Waals surface area contributed by atoms with Crippen LogP contribution in [-0.2, 0) is 0 Å². The van der Waals surface area contributed by atoms with Gasteiger partial charge in [-0.15, -0.1) is 13.2 Å². The Morgan fingerprint density at radius 1 is 1.32 bits per heavy atom. The molecule has 0 aromatic heterocycles. The Hall–Kier alpha value is -2.17. The molecule has 0 aliphatic heterocycles. The minimum Gasteiger partial charge on any atom is -0.366 e. The van der Waals surface area contributed by atoms with Crippen LogP contribution in [0.4, 0.5) is 5.69 Å². The lowest BCUT2D eigenvalue weighted by Gasteiger charge is -2.24. The van der Waals surface area contributed by atoms with Gasteiger partial charge < -0.3 is 5.11 Å². The molecule has 0 spiro atoms. The maximum Gasteiger partial charge on any atom is 0.193 e. The molecule has 2 atom stereocenters. The summed E-state index contributed by atoms with van der Waals surface area (Å²) >= 11 is 0. The zero-order valence-corrected chi connectivity index (χ0v) is 13.2. The maximum absolute atomic E-state index is 10.4. The molecule has 0 saturated heterocycles. The first kappa shape index (κ1) is 17.9. The molecule has 0 saturated carbocycles. The zero-order valence-electron chi connectivity index (χ0n) is 13.2. The van der Waals surface area contributed by atoms with Crippen molar-refractivity contribution < 1.29 is 10.3 Å². The van der Waals surface area contributed by atoms with Crippen LogP contribution in [0.2, 0.25) is 0 Å². The van der Waals surface area contributed by atoms with Crippen molar-refractivity contribution in [3.05, 3.63) is 67.3 Å². The van der Waals surface area contributed by atoms with Crippen molar-refractivity contribution in [2.45, 2.75) is 32.5 Å². The lowest BCUT2D eigenvalue weighted by Crippen LogP contribution is -2.38. The van der Waals surface area contributed by atoms with Crippen LogP contribution < -0.4 is 5.06 Å². The molecule has 0 bridgehead atoms. The van der Waals surface area contributed by atoms with Crippen molar-refractivity contribution >= 4 is 11.4 Å². The fourth-order valence-corrected chi connectivity index (χ4v) is 1.73. The van der Waals surface area contributed by atoms with Gasteiger partial charge in [0.1, 0.15) is 0 Å². The summed E-state index contributed by atoms with van der Waals surface area (Å²) in [6, 6.07) is 7.04. The number of aliphatic hydroxyl groups excluding tert-OH is 1. The molecule has 4 nitrogen and oxygen atoms in total. The predicted octanol–water partition coefficient (Wildman–Crippen LogP) is 3.66. The van der Waals surface area contributed by atoms with Crippen LogP contribution in [0.15, 0.2) is 66.7 Å². The van der Waals surface area contributed by atoms with Gasteiger partial charge in [0.15, 0.2) is 6.23 Å². The molecular weight excluding hydrogens is 276 g/mol. The highest BCUT2D eigenvalue weighted by Crippen LogP contribution is 2.16. The first-order chi connectivity index (χ1) is 10.5. The van der Waals surface area contributed by atoms with Gasteiger partial charge in [-0.25, -0.2) is 5.06 Å². The Balaban J connectivity index is 3.01. The van der Waals surface area contributed by atoms with Crippen molar-refractivity contribution in [2.24, 2.45) is 4.99 Å². The molecule has 0 radical (unpaired) electrons. The van der Waals surface area contributed by atoms with Crippen LogP contribution in [0.5, 0.6) is 0 Å². The van der Waals surface area contributed by atoms with E-state index in [4.69, 9.17) is 0 Å². The largest absolute Gasteiger partial charge is 0.366 e. The van der Waals surface area contributed by atoms with Crippen molar-refractivity contribution in [1.29, 1.82) is 0 Å². The second kappa shape index (κ2) is 8.97. The molecule has 2 N–H and O–H groups in total. The number of allylic oxidation sites excluding steroid dienone is 2. The number of hydrogen-bond donors (Lipinski definition) is 2. The Kier molecular flexibility index (Phi) is 7.29. The van der Waals surface area contributed by atoms with Crippen molar-refractivity contribution in [2.75, 3.05) is 5.06 Å². The second-order valence-electron chi connectivity index (χ2n) is 5.01. The van der Waals surface area contributed by atoms with E-state index in [0.29, 0.717) is 17.8 Å². The summed E-state index contributed by atoms with van der Waals surface area (Å²) in [7, 11) is 0. The number of anilines is 1. The van der Waals surface area contributed by atoms with Gasteiger partial charge in [-0.3, -0.25) is 10.2 Å². The third-order valence-electron chi connectivity index (χ3n) is 3.08. The van der Waals surface area contributed by atoms with Gasteiger partial charge in [0, 0.05) is 0 Å². The molecule has 0 heterocycles. The van der Waals surface area contributed by atoms with E-state index in [9.17, 15) is 10.3 Å².